The van der Waals surface area contributed by atoms with E-state index in [1.54, 1.807) is 35.3 Å². The van der Waals surface area contributed by atoms with Crippen molar-refractivity contribution < 1.29 is 9.18 Å². The number of nitrogens with zero attached hydrogens (tertiary/aromatic N) is 3. The molecule has 0 saturated heterocycles. The minimum absolute atomic E-state index is 0.168. The first-order chi connectivity index (χ1) is 11.1. The maximum Gasteiger partial charge on any atom is 0.229 e. The van der Waals surface area contributed by atoms with E-state index in [4.69, 9.17) is 0 Å². The minimum Gasteiger partial charge on any atom is -0.309 e. The fourth-order valence-electron chi connectivity index (χ4n) is 2.18. The van der Waals surface area contributed by atoms with Crippen LogP contribution in [0.3, 0.4) is 0 Å². The van der Waals surface area contributed by atoms with Crippen molar-refractivity contribution in [3.05, 3.63) is 71.9 Å². The van der Waals surface area contributed by atoms with E-state index in [1.807, 2.05) is 19.1 Å². The molecule has 0 aliphatic heterocycles. The lowest BCUT2D eigenvalue weighted by Gasteiger charge is -2.03. The Balaban J connectivity index is 1.66. The van der Waals surface area contributed by atoms with E-state index in [0.717, 1.165) is 16.9 Å². The zero-order chi connectivity index (χ0) is 16.2. The van der Waals surface area contributed by atoms with Crippen molar-refractivity contribution in [3.63, 3.8) is 0 Å². The van der Waals surface area contributed by atoms with Crippen molar-refractivity contribution in [2.75, 3.05) is 5.32 Å². The lowest BCUT2D eigenvalue weighted by Crippen LogP contribution is -2.15. The summed E-state index contributed by atoms with van der Waals surface area (Å²) in [6.45, 7) is 1.90. The molecule has 0 aliphatic rings. The molecule has 0 spiro atoms. The number of benzene rings is 1. The molecular formula is C17H15FN4O. The van der Waals surface area contributed by atoms with E-state index in [1.165, 1.54) is 12.1 Å². The van der Waals surface area contributed by atoms with Gasteiger partial charge in [0.1, 0.15) is 5.82 Å². The first-order valence-corrected chi connectivity index (χ1v) is 7.13. The summed E-state index contributed by atoms with van der Waals surface area (Å²) in [5, 5.41) is 7.04. The number of carbonyl (C=O) groups is 1. The zero-order valence-electron chi connectivity index (χ0n) is 12.5. The quantitative estimate of drug-likeness (QED) is 0.806. The number of pyridine rings is 1. The summed E-state index contributed by atoms with van der Waals surface area (Å²) >= 11 is 0. The molecule has 3 rings (SSSR count). The monoisotopic (exact) mass is 310 g/mol. The van der Waals surface area contributed by atoms with Crippen molar-refractivity contribution in [1.29, 1.82) is 0 Å². The number of amides is 1. The lowest BCUT2D eigenvalue weighted by molar-refractivity contribution is -0.115. The van der Waals surface area contributed by atoms with Crippen molar-refractivity contribution in [1.82, 2.24) is 14.8 Å². The summed E-state index contributed by atoms with van der Waals surface area (Å²) in [4.78, 5) is 16.1. The molecule has 5 nitrogen and oxygen atoms in total. The van der Waals surface area contributed by atoms with Gasteiger partial charge in [-0.05, 0) is 36.8 Å². The number of aromatic nitrogens is 3. The molecule has 23 heavy (non-hydrogen) atoms. The Morgan fingerprint density at radius 2 is 2.00 bits per heavy atom. The van der Waals surface area contributed by atoms with Crippen LogP contribution >= 0.6 is 0 Å². The molecule has 0 fully saturated rings. The van der Waals surface area contributed by atoms with Gasteiger partial charge in [-0.25, -0.2) is 9.07 Å². The Hall–Kier alpha value is -3.02. The van der Waals surface area contributed by atoms with E-state index >= 15 is 0 Å². The summed E-state index contributed by atoms with van der Waals surface area (Å²) in [7, 11) is 0. The Morgan fingerprint density at radius 1 is 1.22 bits per heavy atom. The molecule has 1 N–H and O–H groups in total. The Kier molecular flexibility index (Phi) is 4.14. The molecule has 0 saturated carbocycles. The predicted octanol–water partition coefficient (Wildman–Crippen LogP) is 2.90. The van der Waals surface area contributed by atoms with Crippen LogP contribution in [0.15, 0.2) is 54.9 Å². The number of rotatable bonds is 4. The number of hydrogen-bond acceptors (Lipinski definition) is 3. The van der Waals surface area contributed by atoms with Gasteiger partial charge in [0.2, 0.25) is 5.91 Å². The standard InChI is InChI=1S/C17H15FN4O/c1-12-10-15(6-8-19-12)22-9-7-16(21-22)20-17(23)11-13-2-4-14(18)5-3-13/h2-10H,11H2,1H3,(H,20,21,23). The van der Waals surface area contributed by atoms with Crippen LogP contribution in [-0.2, 0) is 11.2 Å². The first-order valence-electron chi connectivity index (χ1n) is 7.13. The SMILES string of the molecule is Cc1cc(-n2ccc(NC(=O)Cc3ccc(F)cc3)n2)ccn1. The van der Waals surface area contributed by atoms with Crippen LogP contribution in [0.5, 0.6) is 0 Å². The smallest absolute Gasteiger partial charge is 0.229 e. The molecule has 0 unspecified atom stereocenters. The van der Waals surface area contributed by atoms with E-state index in [0.29, 0.717) is 5.82 Å². The fraction of sp³-hybridized carbons (Fsp3) is 0.118. The van der Waals surface area contributed by atoms with Gasteiger partial charge in [0.15, 0.2) is 5.82 Å². The summed E-state index contributed by atoms with van der Waals surface area (Å²) in [5.74, 6) is -0.0557. The molecular weight excluding hydrogens is 295 g/mol. The molecule has 6 heteroatoms. The van der Waals surface area contributed by atoms with E-state index < -0.39 is 0 Å². The molecule has 2 aromatic heterocycles. The van der Waals surface area contributed by atoms with Crippen LogP contribution in [-0.4, -0.2) is 20.7 Å². The van der Waals surface area contributed by atoms with Crippen LogP contribution in [0.25, 0.3) is 5.69 Å². The van der Waals surface area contributed by atoms with Crippen molar-refractivity contribution in [3.8, 4) is 5.69 Å². The molecule has 1 amide bonds. The van der Waals surface area contributed by atoms with Crippen molar-refractivity contribution >= 4 is 11.7 Å². The average molecular weight is 310 g/mol. The highest BCUT2D eigenvalue weighted by Gasteiger charge is 2.07. The Morgan fingerprint density at radius 3 is 2.74 bits per heavy atom. The van der Waals surface area contributed by atoms with Gasteiger partial charge in [-0.3, -0.25) is 9.78 Å². The molecule has 3 aromatic rings. The van der Waals surface area contributed by atoms with Crippen molar-refractivity contribution in [2.45, 2.75) is 13.3 Å². The number of halogens is 1. The van der Waals surface area contributed by atoms with Gasteiger partial charge in [0.25, 0.3) is 0 Å². The van der Waals surface area contributed by atoms with E-state index in [2.05, 4.69) is 15.4 Å². The Bertz CT molecular complexity index is 827. The number of anilines is 1. The topological polar surface area (TPSA) is 59.8 Å². The van der Waals surface area contributed by atoms with Gasteiger partial charge in [0.05, 0.1) is 12.1 Å². The molecule has 116 valence electrons. The van der Waals surface area contributed by atoms with Gasteiger partial charge in [-0.15, -0.1) is 0 Å². The zero-order valence-corrected chi connectivity index (χ0v) is 12.5. The Labute approximate surface area is 132 Å². The highest BCUT2D eigenvalue weighted by atomic mass is 19.1. The minimum atomic E-state index is -0.319. The van der Waals surface area contributed by atoms with Crippen LogP contribution < -0.4 is 5.32 Å². The predicted molar refractivity (Wildman–Crippen MR) is 84.8 cm³/mol. The molecule has 1 aromatic carbocycles. The van der Waals surface area contributed by atoms with Crippen LogP contribution in [0.2, 0.25) is 0 Å². The second-order valence-corrected chi connectivity index (χ2v) is 5.15. The molecule has 0 atom stereocenters. The number of nitrogens with one attached hydrogen (secondary N) is 1. The lowest BCUT2D eigenvalue weighted by atomic mass is 10.1. The number of aryl methyl sites for hydroxylation is 1. The maximum atomic E-state index is 12.8. The molecule has 2 heterocycles. The molecule has 0 aliphatic carbocycles. The number of carbonyl (C=O) groups excluding carboxylic acids is 1. The van der Waals surface area contributed by atoms with Gasteiger partial charge in [-0.1, -0.05) is 12.1 Å². The second kappa shape index (κ2) is 6.39. The summed E-state index contributed by atoms with van der Waals surface area (Å²) in [5.41, 5.74) is 2.50. The summed E-state index contributed by atoms with van der Waals surface area (Å²) < 4.78 is 14.5. The fourth-order valence-corrected chi connectivity index (χ4v) is 2.18. The highest BCUT2D eigenvalue weighted by molar-refractivity contribution is 5.91. The van der Waals surface area contributed by atoms with Gasteiger partial charge >= 0.3 is 0 Å². The molecule has 0 bridgehead atoms. The van der Waals surface area contributed by atoms with E-state index in [9.17, 15) is 9.18 Å². The third-order valence-corrected chi connectivity index (χ3v) is 3.28. The number of hydrogen-bond donors (Lipinski definition) is 1. The van der Waals surface area contributed by atoms with Crippen LogP contribution in [0, 0.1) is 12.7 Å². The summed E-state index contributed by atoms with van der Waals surface area (Å²) in [6.07, 6.45) is 3.64. The second-order valence-electron chi connectivity index (χ2n) is 5.15. The van der Waals surface area contributed by atoms with Crippen molar-refractivity contribution in [2.24, 2.45) is 0 Å². The average Bonchev–Trinajstić information content (AvgIpc) is 2.98. The first kappa shape index (κ1) is 14.9. The van der Waals surface area contributed by atoms with E-state index in [-0.39, 0.29) is 18.1 Å². The van der Waals surface area contributed by atoms with Crippen LogP contribution in [0.4, 0.5) is 10.2 Å². The third kappa shape index (κ3) is 3.79. The van der Waals surface area contributed by atoms with Gasteiger partial charge in [-0.2, -0.15) is 5.10 Å². The van der Waals surface area contributed by atoms with Gasteiger partial charge in [0, 0.05) is 24.2 Å². The van der Waals surface area contributed by atoms with Gasteiger partial charge < -0.3 is 5.32 Å². The largest absolute Gasteiger partial charge is 0.309 e. The van der Waals surface area contributed by atoms with Crippen LogP contribution in [0.1, 0.15) is 11.3 Å². The maximum absolute atomic E-state index is 12.8. The normalized spacial score (nSPS) is 10.5. The summed E-state index contributed by atoms with van der Waals surface area (Å²) in [6, 6.07) is 11.3. The molecule has 0 radical (unpaired) electrons. The third-order valence-electron chi connectivity index (χ3n) is 3.28. The highest BCUT2D eigenvalue weighted by Crippen LogP contribution is 2.11.